The number of unbranched alkanes of at least 4 members (excludes halogenated alkanes) is 29. The molecule has 0 aromatic rings. The van der Waals surface area contributed by atoms with Gasteiger partial charge in [0.25, 0.3) is 0 Å². The first-order valence-corrected chi connectivity index (χ1v) is 23.2. The average molecular weight is 730 g/mol. The first kappa shape index (κ1) is 50.6. The Hall–Kier alpha value is -1.39. The molecular formula is C48H91NO3. The van der Waals surface area contributed by atoms with Crippen LogP contribution in [0.3, 0.4) is 0 Å². The minimum atomic E-state index is -0.664. The molecule has 0 rings (SSSR count). The molecule has 0 heterocycles. The summed E-state index contributed by atoms with van der Waals surface area (Å²) in [5.41, 5.74) is 0. The first-order valence-electron chi connectivity index (χ1n) is 23.2. The molecule has 0 fully saturated rings. The van der Waals surface area contributed by atoms with E-state index in [1.165, 1.54) is 173 Å². The lowest BCUT2D eigenvalue weighted by atomic mass is 10.0. The molecule has 0 aliphatic carbocycles. The molecule has 0 aromatic carbocycles. The molecular weight excluding hydrogens is 639 g/mol. The molecule has 1 amide bonds. The fourth-order valence-corrected chi connectivity index (χ4v) is 7.14. The molecule has 0 aliphatic heterocycles. The topological polar surface area (TPSA) is 69.6 Å². The molecule has 0 saturated carbocycles. The summed E-state index contributed by atoms with van der Waals surface area (Å²) in [5, 5.41) is 23.2. The third-order valence-electron chi connectivity index (χ3n) is 10.7. The summed E-state index contributed by atoms with van der Waals surface area (Å²) >= 11 is 0. The average Bonchev–Trinajstić information content (AvgIpc) is 3.15. The summed E-state index contributed by atoms with van der Waals surface area (Å²) in [4.78, 5) is 12.4. The van der Waals surface area contributed by atoms with Gasteiger partial charge in [-0.25, -0.2) is 0 Å². The van der Waals surface area contributed by atoms with E-state index < -0.39 is 12.1 Å². The monoisotopic (exact) mass is 730 g/mol. The molecule has 0 radical (unpaired) electrons. The van der Waals surface area contributed by atoms with Crippen LogP contribution in [0.4, 0.5) is 0 Å². The van der Waals surface area contributed by atoms with E-state index in [2.05, 4.69) is 55.6 Å². The van der Waals surface area contributed by atoms with Crippen LogP contribution in [0.25, 0.3) is 0 Å². The molecule has 4 heteroatoms. The zero-order valence-corrected chi connectivity index (χ0v) is 35.1. The highest BCUT2D eigenvalue weighted by Crippen LogP contribution is 2.17. The zero-order valence-electron chi connectivity index (χ0n) is 35.1. The van der Waals surface area contributed by atoms with Gasteiger partial charge in [0.1, 0.15) is 0 Å². The number of nitrogens with one attached hydrogen (secondary N) is 1. The van der Waals surface area contributed by atoms with E-state index in [1.54, 1.807) is 0 Å². The van der Waals surface area contributed by atoms with E-state index in [0.29, 0.717) is 12.8 Å². The number of allylic oxidation sites excluding steroid dienone is 6. The van der Waals surface area contributed by atoms with Crippen LogP contribution in [0.15, 0.2) is 36.5 Å². The van der Waals surface area contributed by atoms with Crippen molar-refractivity contribution in [3.05, 3.63) is 36.5 Å². The standard InChI is InChI=1S/C48H91NO3/c1-3-5-7-9-11-13-15-17-19-21-22-23-24-25-26-28-29-31-33-35-37-39-41-43-47(51)46(45-50)49-48(52)44-42-40-38-36-34-32-30-27-20-18-16-14-12-10-8-6-4-2/h6,8,12,14,18,20,46-47,50-51H,3-5,7,9-11,13,15-17,19,21-45H2,1-2H3,(H,49,52)/b8-6-,14-12-,20-18-. The fourth-order valence-electron chi connectivity index (χ4n) is 7.14. The van der Waals surface area contributed by atoms with Crippen molar-refractivity contribution in [1.82, 2.24) is 5.32 Å². The van der Waals surface area contributed by atoms with Crippen molar-refractivity contribution in [2.45, 2.75) is 257 Å². The Morgan fingerprint density at radius 1 is 0.481 bits per heavy atom. The van der Waals surface area contributed by atoms with Crippen molar-refractivity contribution in [1.29, 1.82) is 0 Å². The number of aliphatic hydroxyl groups excluding tert-OH is 2. The van der Waals surface area contributed by atoms with Gasteiger partial charge in [-0.2, -0.15) is 0 Å². The van der Waals surface area contributed by atoms with Gasteiger partial charge >= 0.3 is 0 Å². The van der Waals surface area contributed by atoms with Crippen molar-refractivity contribution < 1.29 is 15.0 Å². The van der Waals surface area contributed by atoms with Crippen molar-refractivity contribution >= 4 is 5.91 Å². The maximum absolute atomic E-state index is 12.4. The summed E-state index contributed by atoms with van der Waals surface area (Å²) < 4.78 is 0. The third-order valence-corrected chi connectivity index (χ3v) is 10.7. The normalized spacial score (nSPS) is 13.2. The van der Waals surface area contributed by atoms with E-state index >= 15 is 0 Å². The number of amides is 1. The van der Waals surface area contributed by atoms with E-state index in [1.807, 2.05) is 0 Å². The second-order valence-electron chi connectivity index (χ2n) is 15.8. The Morgan fingerprint density at radius 3 is 1.27 bits per heavy atom. The number of hydrogen-bond donors (Lipinski definition) is 3. The summed E-state index contributed by atoms with van der Waals surface area (Å²) in [7, 11) is 0. The van der Waals surface area contributed by atoms with Crippen LogP contribution in [0.2, 0.25) is 0 Å². The number of carbonyl (C=O) groups is 1. The summed E-state index contributed by atoms with van der Waals surface area (Å²) in [5.74, 6) is -0.0403. The molecule has 0 aromatic heterocycles. The second kappa shape index (κ2) is 44.0. The third kappa shape index (κ3) is 39.8. The molecule has 3 N–H and O–H groups in total. The number of carbonyl (C=O) groups excluding carboxylic acids is 1. The molecule has 0 spiro atoms. The highest BCUT2D eigenvalue weighted by molar-refractivity contribution is 5.76. The van der Waals surface area contributed by atoms with Crippen LogP contribution < -0.4 is 5.32 Å². The van der Waals surface area contributed by atoms with E-state index in [4.69, 9.17) is 0 Å². The minimum absolute atomic E-state index is 0.0403. The van der Waals surface area contributed by atoms with Gasteiger partial charge in [-0.05, 0) is 44.9 Å². The number of rotatable bonds is 42. The molecule has 306 valence electrons. The Bertz CT molecular complexity index is 790. The Labute approximate surface area is 325 Å². The predicted octanol–water partition coefficient (Wildman–Crippen LogP) is 14.6. The molecule has 2 atom stereocenters. The quantitative estimate of drug-likeness (QED) is 0.0433. The molecule has 2 unspecified atom stereocenters. The van der Waals surface area contributed by atoms with Gasteiger partial charge in [-0.3, -0.25) is 4.79 Å². The van der Waals surface area contributed by atoms with E-state index in [0.717, 1.165) is 44.9 Å². The van der Waals surface area contributed by atoms with Crippen LogP contribution in [-0.4, -0.2) is 34.9 Å². The van der Waals surface area contributed by atoms with Gasteiger partial charge in [0.2, 0.25) is 5.91 Å². The van der Waals surface area contributed by atoms with Gasteiger partial charge in [0.05, 0.1) is 18.8 Å². The SMILES string of the molecule is CC/C=C\C/C=C\C/C=C\CCCCCCCCCC(=O)NC(CO)C(O)CCCCCCCCCCCCCCCCCCCCCCCCC. The molecule has 0 saturated heterocycles. The van der Waals surface area contributed by atoms with Gasteiger partial charge in [-0.15, -0.1) is 0 Å². The zero-order chi connectivity index (χ0) is 37.8. The van der Waals surface area contributed by atoms with E-state index in [9.17, 15) is 15.0 Å². The van der Waals surface area contributed by atoms with Gasteiger partial charge < -0.3 is 15.5 Å². The summed E-state index contributed by atoms with van der Waals surface area (Å²) in [6.07, 6.45) is 58.0. The van der Waals surface area contributed by atoms with Gasteiger partial charge in [0, 0.05) is 6.42 Å². The van der Waals surface area contributed by atoms with Crippen LogP contribution in [0.1, 0.15) is 245 Å². The van der Waals surface area contributed by atoms with Crippen molar-refractivity contribution in [3.8, 4) is 0 Å². The summed E-state index contributed by atoms with van der Waals surface area (Å²) in [6, 6.07) is -0.541. The van der Waals surface area contributed by atoms with Crippen LogP contribution >= 0.6 is 0 Å². The van der Waals surface area contributed by atoms with Crippen LogP contribution in [0, 0.1) is 0 Å². The van der Waals surface area contributed by atoms with Gasteiger partial charge in [0.15, 0.2) is 0 Å². The Morgan fingerprint density at radius 2 is 0.846 bits per heavy atom. The molecule has 4 nitrogen and oxygen atoms in total. The molecule has 0 aliphatic rings. The fraction of sp³-hybridized carbons (Fsp3) is 0.854. The smallest absolute Gasteiger partial charge is 0.220 e. The van der Waals surface area contributed by atoms with Crippen molar-refractivity contribution in [2.24, 2.45) is 0 Å². The van der Waals surface area contributed by atoms with Crippen LogP contribution in [0.5, 0.6) is 0 Å². The summed E-state index contributed by atoms with van der Waals surface area (Å²) in [6.45, 7) is 4.26. The second-order valence-corrected chi connectivity index (χ2v) is 15.8. The first-order chi connectivity index (χ1) is 25.7. The lowest BCUT2D eigenvalue weighted by Gasteiger charge is -2.22. The lowest BCUT2D eigenvalue weighted by molar-refractivity contribution is -0.123. The van der Waals surface area contributed by atoms with E-state index in [-0.39, 0.29) is 12.5 Å². The minimum Gasteiger partial charge on any atom is -0.394 e. The Balaban J connectivity index is 3.49. The Kier molecular flexibility index (Phi) is 42.8. The highest BCUT2D eigenvalue weighted by Gasteiger charge is 2.20. The van der Waals surface area contributed by atoms with Crippen LogP contribution in [-0.2, 0) is 4.79 Å². The van der Waals surface area contributed by atoms with Crippen molar-refractivity contribution in [3.63, 3.8) is 0 Å². The van der Waals surface area contributed by atoms with Crippen molar-refractivity contribution in [2.75, 3.05) is 6.61 Å². The maximum Gasteiger partial charge on any atom is 0.220 e. The predicted molar refractivity (Wildman–Crippen MR) is 230 cm³/mol. The molecule has 0 bridgehead atoms. The number of aliphatic hydroxyl groups is 2. The largest absolute Gasteiger partial charge is 0.394 e. The maximum atomic E-state index is 12.4. The highest BCUT2D eigenvalue weighted by atomic mass is 16.3. The van der Waals surface area contributed by atoms with Gasteiger partial charge in [-0.1, -0.05) is 230 Å². The molecule has 52 heavy (non-hydrogen) atoms. The lowest BCUT2D eigenvalue weighted by Crippen LogP contribution is -2.45. The number of hydrogen-bond acceptors (Lipinski definition) is 3.